The van der Waals surface area contributed by atoms with Crippen LogP contribution in [-0.4, -0.2) is 45.2 Å². The standard InChI is InChI=1S/C20H32N4O2.HI/c1-21-20(23-12-7-15-26-18-10-3-2-4-11-18)24-14-13-22-19(25)16-17-8-5-6-9-17;/h2-4,10-11,17H,5-9,12-16H2,1H3,(H,22,25)(H2,21,23,24);1H. The molecule has 6 nitrogen and oxygen atoms in total. The Kier molecular flexibility index (Phi) is 12.7. The summed E-state index contributed by atoms with van der Waals surface area (Å²) in [5.74, 6) is 2.40. The summed E-state index contributed by atoms with van der Waals surface area (Å²) in [6.07, 6.45) is 6.52. The van der Waals surface area contributed by atoms with E-state index in [1.807, 2.05) is 30.3 Å². The van der Waals surface area contributed by atoms with E-state index in [4.69, 9.17) is 4.74 Å². The van der Waals surface area contributed by atoms with Crippen LogP contribution in [0.3, 0.4) is 0 Å². The maximum Gasteiger partial charge on any atom is 0.220 e. The van der Waals surface area contributed by atoms with Crippen molar-refractivity contribution in [3.05, 3.63) is 30.3 Å². The van der Waals surface area contributed by atoms with Gasteiger partial charge in [-0.1, -0.05) is 31.0 Å². The van der Waals surface area contributed by atoms with Crippen molar-refractivity contribution in [3.8, 4) is 5.75 Å². The Morgan fingerprint density at radius 3 is 2.44 bits per heavy atom. The zero-order chi connectivity index (χ0) is 18.5. The maximum atomic E-state index is 11.9. The van der Waals surface area contributed by atoms with Gasteiger partial charge in [0, 0.05) is 33.1 Å². The zero-order valence-electron chi connectivity index (χ0n) is 16.2. The fraction of sp³-hybridized carbons (Fsp3) is 0.600. The molecule has 0 spiro atoms. The number of hydrogen-bond acceptors (Lipinski definition) is 3. The van der Waals surface area contributed by atoms with Gasteiger partial charge in [-0.25, -0.2) is 0 Å². The van der Waals surface area contributed by atoms with E-state index in [9.17, 15) is 4.79 Å². The number of nitrogens with one attached hydrogen (secondary N) is 3. The lowest BCUT2D eigenvalue weighted by atomic mass is 10.0. The largest absolute Gasteiger partial charge is 0.494 e. The van der Waals surface area contributed by atoms with Gasteiger partial charge >= 0.3 is 0 Å². The van der Waals surface area contributed by atoms with E-state index in [2.05, 4.69) is 20.9 Å². The molecule has 27 heavy (non-hydrogen) atoms. The number of para-hydroxylation sites is 1. The van der Waals surface area contributed by atoms with Gasteiger partial charge in [0.15, 0.2) is 5.96 Å². The number of rotatable bonds is 10. The summed E-state index contributed by atoms with van der Waals surface area (Å²) in [5, 5.41) is 9.44. The molecular formula is C20H33IN4O2. The molecule has 1 aliphatic rings. The molecule has 1 aromatic rings. The molecule has 0 radical (unpaired) electrons. The molecule has 0 unspecified atom stereocenters. The van der Waals surface area contributed by atoms with E-state index in [-0.39, 0.29) is 29.9 Å². The van der Waals surface area contributed by atoms with E-state index in [1.165, 1.54) is 25.7 Å². The van der Waals surface area contributed by atoms with Crippen molar-refractivity contribution in [3.63, 3.8) is 0 Å². The summed E-state index contributed by atoms with van der Waals surface area (Å²) in [7, 11) is 1.74. The van der Waals surface area contributed by atoms with Crippen molar-refractivity contribution in [1.82, 2.24) is 16.0 Å². The van der Waals surface area contributed by atoms with Crippen molar-refractivity contribution in [2.45, 2.75) is 38.5 Å². The van der Waals surface area contributed by atoms with E-state index in [0.29, 0.717) is 32.0 Å². The molecule has 0 heterocycles. The average Bonchev–Trinajstić information content (AvgIpc) is 3.17. The number of carbonyl (C=O) groups excluding carboxylic acids is 1. The summed E-state index contributed by atoms with van der Waals surface area (Å²) in [6.45, 7) is 2.71. The highest BCUT2D eigenvalue weighted by Gasteiger charge is 2.17. The minimum absolute atomic E-state index is 0. The van der Waals surface area contributed by atoms with Crippen LogP contribution in [-0.2, 0) is 4.79 Å². The van der Waals surface area contributed by atoms with Gasteiger partial charge in [0.2, 0.25) is 5.91 Å². The highest BCUT2D eigenvalue weighted by molar-refractivity contribution is 14.0. The van der Waals surface area contributed by atoms with Gasteiger partial charge in [-0.2, -0.15) is 0 Å². The Labute approximate surface area is 179 Å². The van der Waals surface area contributed by atoms with Gasteiger partial charge in [0.1, 0.15) is 5.75 Å². The molecule has 7 heteroatoms. The Morgan fingerprint density at radius 1 is 1.07 bits per heavy atom. The molecule has 1 aromatic carbocycles. The summed E-state index contributed by atoms with van der Waals surface area (Å²) in [4.78, 5) is 16.1. The van der Waals surface area contributed by atoms with Crippen LogP contribution in [0, 0.1) is 5.92 Å². The van der Waals surface area contributed by atoms with Crippen molar-refractivity contribution >= 4 is 35.8 Å². The predicted molar refractivity (Wildman–Crippen MR) is 121 cm³/mol. The Balaban J connectivity index is 0.00000364. The topological polar surface area (TPSA) is 74.8 Å². The second kappa shape index (κ2) is 14.5. The van der Waals surface area contributed by atoms with Gasteiger partial charge in [-0.15, -0.1) is 24.0 Å². The smallest absolute Gasteiger partial charge is 0.220 e. The Morgan fingerprint density at radius 2 is 1.74 bits per heavy atom. The number of halogens is 1. The molecule has 0 saturated heterocycles. The minimum atomic E-state index is 0. The molecule has 0 aromatic heterocycles. The number of benzene rings is 1. The monoisotopic (exact) mass is 488 g/mol. The number of hydrogen-bond donors (Lipinski definition) is 3. The molecule has 2 rings (SSSR count). The van der Waals surface area contributed by atoms with Crippen LogP contribution in [0.4, 0.5) is 0 Å². The number of nitrogens with zero attached hydrogens (tertiary/aromatic N) is 1. The third kappa shape index (κ3) is 10.4. The first-order valence-electron chi connectivity index (χ1n) is 9.67. The van der Waals surface area contributed by atoms with Gasteiger partial charge in [-0.3, -0.25) is 9.79 Å². The summed E-state index contributed by atoms with van der Waals surface area (Å²) in [5.41, 5.74) is 0. The molecular weight excluding hydrogens is 455 g/mol. The third-order valence-corrected chi connectivity index (χ3v) is 4.54. The first-order chi connectivity index (χ1) is 12.8. The van der Waals surface area contributed by atoms with E-state index >= 15 is 0 Å². The predicted octanol–water partition coefficient (Wildman–Crippen LogP) is 2.94. The van der Waals surface area contributed by atoms with Crippen molar-refractivity contribution in [2.75, 3.05) is 33.3 Å². The van der Waals surface area contributed by atoms with Gasteiger partial charge in [0.05, 0.1) is 6.61 Å². The molecule has 0 bridgehead atoms. The van der Waals surface area contributed by atoms with Crippen LogP contribution in [0.15, 0.2) is 35.3 Å². The van der Waals surface area contributed by atoms with E-state index < -0.39 is 0 Å². The van der Waals surface area contributed by atoms with Crippen LogP contribution in [0.25, 0.3) is 0 Å². The van der Waals surface area contributed by atoms with E-state index in [1.54, 1.807) is 7.05 Å². The van der Waals surface area contributed by atoms with Crippen LogP contribution >= 0.6 is 24.0 Å². The van der Waals surface area contributed by atoms with Crippen molar-refractivity contribution < 1.29 is 9.53 Å². The fourth-order valence-corrected chi connectivity index (χ4v) is 3.14. The minimum Gasteiger partial charge on any atom is -0.494 e. The summed E-state index contributed by atoms with van der Waals surface area (Å²) >= 11 is 0. The summed E-state index contributed by atoms with van der Waals surface area (Å²) < 4.78 is 5.65. The molecule has 0 atom stereocenters. The fourth-order valence-electron chi connectivity index (χ4n) is 3.14. The van der Waals surface area contributed by atoms with Crippen LogP contribution < -0.4 is 20.7 Å². The molecule has 1 amide bonds. The van der Waals surface area contributed by atoms with Crippen LogP contribution in [0.5, 0.6) is 5.75 Å². The zero-order valence-corrected chi connectivity index (χ0v) is 18.5. The molecule has 1 saturated carbocycles. The molecule has 1 fully saturated rings. The number of guanidine groups is 1. The van der Waals surface area contributed by atoms with Crippen LogP contribution in [0.2, 0.25) is 0 Å². The average molecular weight is 488 g/mol. The lowest BCUT2D eigenvalue weighted by molar-refractivity contribution is -0.121. The lowest BCUT2D eigenvalue weighted by Gasteiger charge is -2.13. The Bertz CT molecular complexity index is 548. The third-order valence-electron chi connectivity index (χ3n) is 4.54. The second-order valence-corrected chi connectivity index (χ2v) is 6.65. The summed E-state index contributed by atoms with van der Waals surface area (Å²) in [6, 6.07) is 9.81. The maximum absolute atomic E-state index is 11.9. The molecule has 152 valence electrons. The number of ether oxygens (including phenoxy) is 1. The van der Waals surface area contributed by atoms with Gasteiger partial charge in [0.25, 0.3) is 0 Å². The molecule has 1 aliphatic carbocycles. The molecule has 0 aliphatic heterocycles. The Hall–Kier alpha value is -1.51. The van der Waals surface area contributed by atoms with Gasteiger partial charge in [-0.05, 0) is 37.3 Å². The number of carbonyl (C=O) groups is 1. The second-order valence-electron chi connectivity index (χ2n) is 6.65. The first-order valence-corrected chi connectivity index (χ1v) is 9.67. The van der Waals surface area contributed by atoms with Crippen LogP contribution in [0.1, 0.15) is 38.5 Å². The van der Waals surface area contributed by atoms with E-state index in [0.717, 1.165) is 24.7 Å². The number of amides is 1. The van der Waals surface area contributed by atoms with Crippen molar-refractivity contribution in [1.29, 1.82) is 0 Å². The van der Waals surface area contributed by atoms with Gasteiger partial charge < -0.3 is 20.7 Å². The highest BCUT2D eigenvalue weighted by Crippen LogP contribution is 2.27. The molecule has 3 N–H and O–H groups in total. The normalized spacial score (nSPS) is 14.3. The highest BCUT2D eigenvalue weighted by atomic mass is 127. The lowest BCUT2D eigenvalue weighted by Crippen LogP contribution is -2.42. The first kappa shape index (κ1) is 23.5. The number of aliphatic imine (C=N–C) groups is 1. The SMILES string of the molecule is CN=C(NCCCOc1ccccc1)NCCNC(=O)CC1CCCC1.I. The quantitative estimate of drug-likeness (QED) is 0.205. The van der Waals surface area contributed by atoms with Crippen molar-refractivity contribution in [2.24, 2.45) is 10.9 Å².